The summed E-state index contributed by atoms with van der Waals surface area (Å²) < 4.78 is 9.70. The quantitative estimate of drug-likeness (QED) is 0.0696. The van der Waals surface area contributed by atoms with Gasteiger partial charge in [0.15, 0.2) is 0 Å². The van der Waals surface area contributed by atoms with E-state index in [4.69, 9.17) is 5.41 Å². The molecule has 0 spiro atoms. The van der Waals surface area contributed by atoms with E-state index in [2.05, 4.69) is 102 Å². The van der Waals surface area contributed by atoms with E-state index in [1.54, 1.807) is 45.3 Å². The highest BCUT2D eigenvalue weighted by Gasteiger charge is 2.28. The number of hydrogen-bond donors (Lipinski definition) is 5. The third-order valence-electron chi connectivity index (χ3n) is 8.77. The Morgan fingerprint density at radius 1 is 0.760 bits per heavy atom. The highest BCUT2D eigenvalue weighted by Crippen LogP contribution is 2.44. The van der Waals surface area contributed by atoms with Crippen molar-refractivity contribution in [3.8, 4) is 9.75 Å². The molecule has 0 aromatic carbocycles. The Kier molecular flexibility index (Phi) is 12.4. The molecule has 0 saturated heterocycles. The van der Waals surface area contributed by atoms with Gasteiger partial charge < -0.3 is 0 Å². The number of unbranched alkanes of at least 4 members (excludes halogenated alkanes) is 1. The molecule has 4 aromatic heterocycles. The van der Waals surface area contributed by atoms with Crippen LogP contribution in [-0.2, 0) is 6.42 Å². The molecular formula is C38H35BrN4S7. The van der Waals surface area contributed by atoms with Crippen molar-refractivity contribution in [2.75, 3.05) is 0 Å². The van der Waals surface area contributed by atoms with E-state index in [1.165, 1.54) is 41.0 Å². The van der Waals surface area contributed by atoms with Gasteiger partial charge >= 0.3 is 0 Å². The molecule has 50 heavy (non-hydrogen) atoms. The van der Waals surface area contributed by atoms with Crippen LogP contribution in [0.4, 0.5) is 0 Å². The van der Waals surface area contributed by atoms with Crippen molar-refractivity contribution in [3.05, 3.63) is 107 Å². The zero-order valence-electron chi connectivity index (χ0n) is 27.4. The average molecular weight is 852 g/mol. The monoisotopic (exact) mass is 850 g/mol. The maximum Gasteiger partial charge on any atom is 0.105 e. The Labute approximate surface area is 334 Å². The summed E-state index contributed by atoms with van der Waals surface area (Å²) in [5, 5.41) is 18.2. The molecule has 0 fully saturated rings. The second-order valence-electron chi connectivity index (χ2n) is 11.9. The predicted molar refractivity (Wildman–Crippen MR) is 239 cm³/mol. The highest BCUT2D eigenvalue weighted by molar-refractivity contribution is 9.11. The van der Waals surface area contributed by atoms with Crippen molar-refractivity contribution in [1.29, 1.82) is 10.8 Å². The fraction of sp³-hybridized carbons (Fsp3) is 0.211. The van der Waals surface area contributed by atoms with Gasteiger partial charge in [0, 0.05) is 61.3 Å². The predicted octanol–water partition coefficient (Wildman–Crippen LogP) is 13.6. The molecule has 2 N–H and O–H groups in total. The lowest BCUT2D eigenvalue weighted by Crippen LogP contribution is -2.18. The molecule has 0 saturated carbocycles. The van der Waals surface area contributed by atoms with E-state index < -0.39 is 0 Å². The van der Waals surface area contributed by atoms with Crippen molar-refractivity contribution >= 4 is 150 Å². The molecule has 1 atom stereocenters. The number of allylic oxidation sites excluding steroid dienone is 8. The molecule has 4 aromatic rings. The van der Waals surface area contributed by atoms with Gasteiger partial charge in [-0.15, -0.1) is 58.0 Å². The fourth-order valence-corrected chi connectivity index (χ4v) is 11.5. The van der Waals surface area contributed by atoms with E-state index in [0.717, 1.165) is 56.9 Å². The van der Waals surface area contributed by atoms with Crippen LogP contribution in [0.1, 0.15) is 69.5 Å². The molecule has 4 nitrogen and oxygen atoms in total. The first-order chi connectivity index (χ1) is 24.2. The Hall–Kier alpha value is -2.29. The molecule has 12 heteroatoms. The minimum absolute atomic E-state index is 0.313. The van der Waals surface area contributed by atoms with Crippen LogP contribution in [0.25, 0.3) is 37.0 Å². The summed E-state index contributed by atoms with van der Waals surface area (Å²) in [7, 11) is 0. The van der Waals surface area contributed by atoms with Gasteiger partial charge in [-0.1, -0.05) is 70.4 Å². The SMILES string of the molecule is C=C(S)c1ccc(C2=CC=C(c3ccc(C4=CC=C(c5ccc(-c6sc(Br)cc6CC(CC)CCCC)s5)C(=N)/C4=N\S)s3)/C(=N/S)C2=N)s1. The summed E-state index contributed by atoms with van der Waals surface area (Å²) in [6.07, 6.45) is 14.1. The lowest BCUT2D eigenvalue weighted by molar-refractivity contribution is 0.450. The molecule has 0 amide bonds. The van der Waals surface area contributed by atoms with E-state index in [0.29, 0.717) is 33.7 Å². The number of thiophene rings is 4. The smallest absolute Gasteiger partial charge is 0.105 e. The van der Waals surface area contributed by atoms with Crippen molar-refractivity contribution in [2.24, 2.45) is 14.7 Å². The van der Waals surface area contributed by atoms with E-state index in [1.807, 2.05) is 48.6 Å². The zero-order valence-corrected chi connectivity index (χ0v) is 35.0. The second kappa shape index (κ2) is 16.6. The molecule has 2 aliphatic carbocycles. The van der Waals surface area contributed by atoms with E-state index in [-0.39, 0.29) is 0 Å². The Morgan fingerprint density at radius 3 is 1.78 bits per heavy atom. The molecule has 4 heterocycles. The summed E-state index contributed by atoms with van der Waals surface area (Å²) in [4.78, 5) is 8.10. The molecule has 6 rings (SSSR count). The van der Waals surface area contributed by atoms with Gasteiger partial charge in [0.1, 0.15) is 11.4 Å². The van der Waals surface area contributed by atoms with Gasteiger partial charge in [-0.05, 0) is 102 Å². The summed E-state index contributed by atoms with van der Waals surface area (Å²) in [5.74, 6) is 0.686. The van der Waals surface area contributed by atoms with Crippen molar-refractivity contribution in [1.82, 2.24) is 0 Å². The van der Waals surface area contributed by atoms with E-state index in [9.17, 15) is 5.41 Å². The maximum absolute atomic E-state index is 9.22. The number of nitrogens with zero attached hydrogens (tertiary/aromatic N) is 2. The summed E-state index contributed by atoms with van der Waals surface area (Å²) in [6, 6.07) is 14.6. The van der Waals surface area contributed by atoms with Crippen LogP contribution in [0.2, 0.25) is 0 Å². The Balaban J connectivity index is 1.27. The van der Waals surface area contributed by atoms with Gasteiger partial charge in [0.25, 0.3) is 0 Å². The number of thiol groups is 3. The molecule has 256 valence electrons. The molecular weight excluding hydrogens is 817 g/mol. The third kappa shape index (κ3) is 7.73. The lowest BCUT2D eigenvalue weighted by atomic mass is 9.91. The number of hydrogen-bond acceptors (Lipinski definition) is 11. The topological polar surface area (TPSA) is 72.4 Å². The number of halogens is 1. The molecule has 2 aliphatic rings. The van der Waals surface area contributed by atoms with Gasteiger partial charge in [-0.25, -0.2) is 8.80 Å². The standard InChI is InChI=1S/C38H35BrN4S7/c1-4-6-7-21(5-2)18-22-19-33(39)50-38(22)32-17-16-29(49-32)24-9-11-26(37(43-46)35(24)41)31-15-14-30(48-31)25-10-8-23(34(40)36(25)42-45)28-13-12-27(47-28)20(3)44/h8-17,19,21,40-41,44-46H,3-7,18H2,1-2H3/b40-34?,41-35?,42-36-,43-37-. The van der Waals surface area contributed by atoms with Crippen molar-refractivity contribution in [2.45, 2.75) is 46.0 Å². The minimum Gasteiger partial charge on any atom is -0.298 e. The summed E-state index contributed by atoms with van der Waals surface area (Å²) in [5.41, 5.74) is 6.40. The lowest BCUT2D eigenvalue weighted by Gasteiger charge is -2.17. The molecule has 1 unspecified atom stereocenters. The average Bonchev–Trinajstić information content (AvgIpc) is 3.93. The van der Waals surface area contributed by atoms with Gasteiger partial charge in [-0.3, -0.25) is 10.8 Å². The second-order valence-corrected chi connectivity index (χ2v) is 18.6. The van der Waals surface area contributed by atoms with Crippen LogP contribution in [0.15, 0.2) is 85.9 Å². The molecule has 0 bridgehead atoms. The first kappa shape index (κ1) is 37.5. The Morgan fingerprint density at radius 2 is 1.26 bits per heavy atom. The van der Waals surface area contributed by atoms with Crippen molar-refractivity contribution in [3.63, 3.8) is 0 Å². The fourth-order valence-electron chi connectivity index (χ4n) is 6.08. The van der Waals surface area contributed by atoms with Gasteiger partial charge in [0.05, 0.1) is 15.2 Å². The number of nitrogens with one attached hydrogen (secondary N) is 2. The van der Waals surface area contributed by atoms with Gasteiger partial charge in [0.2, 0.25) is 0 Å². The summed E-state index contributed by atoms with van der Waals surface area (Å²) in [6.45, 7) is 8.48. The van der Waals surface area contributed by atoms with Crippen LogP contribution in [0.5, 0.6) is 0 Å². The van der Waals surface area contributed by atoms with E-state index >= 15 is 0 Å². The van der Waals surface area contributed by atoms with Crippen LogP contribution in [0.3, 0.4) is 0 Å². The van der Waals surface area contributed by atoms with Gasteiger partial charge in [-0.2, -0.15) is 0 Å². The normalized spacial score (nSPS) is 17.2. The minimum atomic E-state index is 0.313. The maximum atomic E-state index is 9.22. The third-order valence-corrected chi connectivity index (χ3v) is 14.9. The van der Waals surface area contributed by atoms with Crippen LogP contribution in [0, 0.1) is 16.7 Å². The zero-order chi connectivity index (χ0) is 35.5. The largest absolute Gasteiger partial charge is 0.298 e. The first-order valence-electron chi connectivity index (χ1n) is 16.1. The van der Waals surface area contributed by atoms with Crippen molar-refractivity contribution < 1.29 is 0 Å². The highest BCUT2D eigenvalue weighted by atomic mass is 79.9. The first-order valence-corrected chi connectivity index (χ1v) is 21.4. The summed E-state index contributed by atoms with van der Waals surface area (Å²) >= 11 is 23.4. The van der Waals surface area contributed by atoms with Crippen LogP contribution in [-0.4, -0.2) is 22.8 Å². The number of rotatable bonds is 12. The molecule has 0 aliphatic heterocycles. The van der Waals surface area contributed by atoms with Crippen LogP contribution < -0.4 is 0 Å². The Bertz CT molecular complexity index is 2180. The molecule has 0 radical (unpaired) electrons. The van der Waals surface area contributed by atoms with Crippen LogP contribution >= 0.6 is 99.5 Å².